The molecule has 288 valence electrons. The summed E-state index contributed by atoms with van der Waals surface area (Å²) in [7, 11) is 0. The van der Waals surface area contributed by atoms with Crippen molar-refractivity contribution in [3.63, 3.8) is 0 Å². The van der Waals surface area contributed by atoms with Gasteiger partial charge in [0, 0.05) is 49.2 Å². The minimum absolute atomic E-state index is 0. The molecule has 4 aliphatic rings. The Labute approximate surface area is 319 Å². The van der Waals surface area contributed by atoms with Crippen LogP contribution in [0.1, 0.15) is 76.8 Å². The summed E-state index contributed by atoms with van der Waals surface area (Å²) in [6.45, 7) is 10.0. The lowest BCUT2D eigenvalue weighted by atomic mass is 10.1. The van der Waals surface area contributed by atoms with Crippen molar-refractivity contribution >= 4 is 6.09 Å². The Morgan fingerprint density at radius 1 is 0.722 bits per heavy atom. The summed E-state index contributed by atoms with van der Waals surface area (Å²) >= 11 is 0. The van der Waals surface area contributed by atoms with Gasteiger partial charge in [-0.2, -0.15) is 0 Å². The number of nitrogens with zero attached hydrogens (tertiary/aromatic N) is 5. The number of nitrogens with one attached hydrogen (secondary N) is 1. The molecule has 8 rings (SSSR count). The van der Waals surface area contributed by atoms with Gasteiger partial charge in [-0.25, -0.2) is 4.79 Å². The van der Waals surface area contributed by atoms with Crippen LogP contribution in [0.4, 0.5) is 4.79 Å². The van der Waals surface area contributed by atoms with Crippen LogP contribution in [-0.2, 0) is 4.74 Å². The molecule has 54 heavy (non-hydrogen) atoms. The van der Waals surface area contributed by atoms with E-state index in [-0.39, 0.29) is 19.6 Å². The first-order valence-corrected chi connectivity index (χ1v) is 18.7. The average molecular weight is 739 g/mol. The maximum absolute atomic E-state index is 12.2. The fourth-order valence-electron chi connectivity index (χ4n) is 6.44. The zero-order valence-electron chi connectivity index (χ0n) is 30.8. The largest absolute Gasteiger partial charge is 0.492 e. The molecule has 2 saturated carbocycles. The van der Waals surface area contributed by atoms with E-state index in [9.17, 15) is 4.79 Å². The first-order valence-electron chi connectivity index (χ1n) is 18.7. The lowest BCUT2D eigenvalue weighted by Gasteiger charge is -2.40. The summed E-state index contributed by atoms with van der Waals surface area (Å²) in [5.74, 6) is 5.26. The maximum Gasteiger partial charge on any atom is 0.410 e. The second kappa shape index (κ2) is 17.9. The lowest BCUT2D eigenvalue weighted by Crippen LogP contribution is -2.55. The Bertz CT molecular complexity index is 1770. The average Bonchev–Trinajstić information content (AvgIpc) is 4.06. The molecule has 0 bridgehead atoms. The van der Waals surface area contributed by atoms with Crippen LogP contribution in [0.5, 0.6) is 23.0 Å². The minimum Gasteiger partial charge on any atom is -0.492 e. The van der Waals surface area contributed by atoms with Crippen LogP contribution in [0.3, 0.4) is 0 Å². The van der Waals surface area contributed by atoms with E-state index in [2.05, 4.69) is 37.4 Å². The van der Waals surface area contributed by atoms with E-state index in [1.165, 1.54) is 17.5 Å². The summed E-state index contributed by atoms with van der Waals surface area (Å²) in [5.41, 5.74) is 1.94. The van der Waals surface area contributed by atoms with Gasteiger partial charge < -0.3 is 33.9 Å². The van der Waals surface area contributed by atoms with Crippen molar-refractivity contribution in [3.05, 3.63) is 97.1 Å². The molecule has 4 fully saturated rings. The fourth-order valence-corrected chi connectivity index (χ4v) is 6.44. The van der Waals surface area contributed by atoms with Crippen molar-refractivity contribution in [2.75, 3.05) is 39.5 Å². The zero-order valence-corrected chi connectivity index (χ0v) is 30.8. The van der Waals surface area contributed by atoms with E-state index in [4.69, 9.17) is 23.7 Å². The Morgan fingerprint density at radius 2 is 1.24 bits per heavy atom. The van der Waals surface area contributed by atoms with Gasteiger partial charge in [-0.05, 0) is 112 Å². The van der Waals surface area contributed by atoms with Crippen molar-refractivity contribution < 1.29 is 28.5 Å². The highest BCUT2D eigenvalue weighted by atomic mass is 16.6. The van der Waals surface area contributed by atoms with Gasteiger partial charge in [-0.3, -0.25) is 19.9 Å². The van der Waals surface area contributed by atoms with Crippen LogP contribution in [0.2, 0.25) is 0 Å². The standard InChI is InChI=1S/C23H29N3O4.C18H21N3O2.CH4/c1-23(2,3)30-22(27)26-8-6-18(26)15-29-20-9-16(11-25-13-20)21-10-17(21)14-28-19-5-4-7-24-12-19;1-2-16(9-19-4-1)22-11-14-7-18(14)13-6-17(10-20-8-13)23-12-15-3-5-21-15;/h4-5,7,9,11-13,17-18,21H,6,8,10,14-15H2,1-3H3;1-2,4,6,8-10,14-15,18,21H,3,5,7,11-12H2;1H4/t17-,18+,21-;14-,15+,18-;/m11./s1. The van der Waals surface area contributed by atoms with Crippen LogP contribution in [0.15, 0.2) is 86.0 Å². The molecule has 4 aromatic rings. The van der Waals surface area contributed by atoms with Crippen molar-refractivity contribution in [1.82, 2.24) is 30.2 Å². The maximum atomic E-state index is 12.2. The number of amides is 1. The number of hydrogen-bond donors (Lipinski definition) is 1. The highest BCUT2D eigenvalue weighted by molar-refractivity contribution is 5.69. The van der Waals surface area contributed by atoms with Gasteiger partial charge >= 0.3 is 6.09 Å². The highest BCUT2D eigenvalue weighted by Crippen LogP contribution is 2.49. The molecule has 0 unspecified atom stereocenters. The topological polar surface area (TPSA) is 130 Å². The Morgan fingerprint density at radius 3 is 1.69 bits per heavy atom. The van der Waals surface area contributed by atoms with E-state index in [0.717, 1.165) is 62.0 Å². The second-order valence-corrected chi connectivity index (χ2v) is 15.3. The number of hydrogen-bond acceptors (Lipinski definition) is 11. The molecule has 12 heteroatoms. The summed E-state index contributed by atoms with van der Waals surface area (Å²) in [6.07, 6.45) is 18.4. The van der Waals surface area contributed by atoms with Gasteiger partial charge in [0.1, 0.15) is 41.8 Å². The summed E-state index contributed by atoms with van der Waals surface area (Å²) in [5, 5.41) is 3.34. The molecule has 6 heterocycles. The van der Waals surface area contributed by atoms with Gasteiger partial charge in [-0.15, -0.1) is 0 Å². The van der Waals surface area contributed by atoms with E-state index in [1.54, 1.807) is 42.1 Å². The van der Waals surface area contributed by atoms with Gasteiger partial charge in [0.25, 0.3) is 0 Å². The summed E-state index contributed by atoms with van der Waals surface area (Å²) < 4.78 is 28.8. The number of carbonyl (C=O) groups is 1. The predicted octanol–water partition coefficient (Wildman–Crippen LogP) is 7.08. The molecule has 4 aromatic heterocycles. The van der Waals surface area contributed by atoms with Crippen molar-refractivity contribution in [2.45, 2.75) is 83.4 Å². The second-order valence-electron chi connectivity index (χ2n) is 15.3. The third kappa shape index (κ3) is 11.0. The Kier molecular flexibility index (Phi) is 12.8. The molecule has 2 aliphatic carbocycles. The number of pyridine rings is 4. The highest BCUT2D eigenvalue weighted by Gasteiger charge is 2.40. The van der Waals surface area contributed by atoms with Crippen LogP contribution < -0.4 is 24.3 Å². The van der Waals surface area contributed by atoms with Crippen LogP contribution in [-0.4, -0.2) is 88.1 Å². The minimum atomic E-state index is -0.488. The normalized spacial score (nSPS) is 23.5. The molecule has 0 aromatic carbocycles. The van der Waals surface area contributed by atoms with E-state index >= 15 is 0 Å². The Balaban J connectivity index is 0.000000187. The number of aromatic nitrogens is 4. The molecule has 1 amide bonds. The molecule has 12 nitrogen and oxygen atoms in total. The number of rotatable bonds is 14. The van der Waals surface area contributed by atoms with Crippen molar-refractivity contribution in [3.8, 4) is 23.0 Å². The molecule has 2 saturated heterocycles. The van der Waals surface area contributed by atoms with E-state index < -0.39 is 5.60 Å². The third-order valence-electron chi connectivity index (χ3n) is 9.96. The van der Waals surface area contributed by atoms with Crippen LogP contribution >= 0.6 is 0 Å². The summed E-state index contributed by atoms with van der Waals surface area (Å²) in [4.78, 5) is 30.8. The van der Waals surface area contributed by atoms with Crippen LogP contribution in [0, 0.1) is 11.8 Å². The van der Waals surface area contributed by atoms with Gasteiger partial charge in [0.15, 0.2) is 0 Å². The number of ether oxygens (including phenoxy) is 5. The van der Waals surface area contributed by atoms with E-state index in [1.807, 2.05) is 57.4 Å². The van der Waals surface area contributed by atoms with Gasteiger partial charge in [0.05, 0.1) is 44.0 Å². The first-order chi connectivity index (χ1) is 25.8. The number of likely N-dealkylation sites (tertiary alicyclic amines) is 1. The Hall–Kier alpha value is -4.97. The predicted molar refractivity (Wildman–Crippen MR) is 205 cm³/mol. The van der Waals surface area contributed by atoms with Gasteiger partial charge in [-0.1, -0.05) is 7.43 Å². The third-order valence-corrected chi connectivity index (χ3v) is 9.96. The van der Waals surface area contributed by atoms with Crippen molar-refractivity contribution in [1.29, 1.82) is 0 Å². The summed E-state index contributed by atoms with van der Waals surface area (Å²) in [6, 6.07) is 12.3. The molecular formula is C42H54N6O6. The fraction of sp³-hybridized carbons (Fsp3) is 0.500. The molecular weight excluding hydrogens is 684 g/mol. The molecule has 2 aliphatic heterocycles. The van der Waals surface area contributed by atoms with E-state index in [0.29, 0.717) is 49.5 Å². The van der Waals surface area contributed by atoms with Crippen molar-refractivity contribution in [2.24, 2.45) is 11.8 Å². The molecule has 0 radical (unpaired) electrons. The smallest absolute Gasteiger partial charge is 0.410 e. The van der Waals surface area contributed by atoms with Crippen LogP contribution in [0.25, 0.3) is 0 Å². The molecule has 0 spiro atoms. The zero-order chi connectivity index (χ0) is 36.6. The quantitative estimate of drug-likeness (QED) is 0.142. The van der Waals surface area contributed by atoms with Gasteiger partial charge in [0.2, 0.25) is 0 Å². The lowest BCUT2D eigenvalue weighted by molar-refractivity contribution is -0.0141. The first kappa shape index (κ1) is 38.7. The SMILES string of the molecule is C.CC(C)(C)OC(=O)N1CC[C@H]1COc1cncc([C@H]2C[C@@H]2COc2cccnc2)c1.c1cncc(OC[C@H]2C[C@@H]2c2cncc(OC[C@@H]3CCN3)c2)c1. The molecule has 6 atom stereocenters. The monoisotopic (exact) mass is 738 g/mol. The molecule has 1 N–H and O–H groups in total. The number of carbonyl (C=O) groups excluding carboxylic acids is 1.